The number of phenolic OH excluding ortho intramolecular Hbond substituents is 2. The van der Waals surface area contributed by atoms with Gasteiger partial charge in [0.1, 0.15) is 5.82 Å². The van der Waals surface area contributed by atoms with Crippen molar-refractivity contribution in [3.8, 4) is 11.5 Å². The molecule has 0 aromatic heterocycles. The fourth-order valence-corrected chi connectivity index (χ4v) is 1.93. The summed E-state index contributed by atoms with van der Waals surface area (Å²) in [7, 11) is 0. The highest BCUT2D eigenvalue weighted by atomic mass is 35.5. The van der Waals surface area contributed by atoms with Gasteiger partial charge in [0.25, 0.3) is 0 Å². The molecule has 0 aliphatic rings. The van der Waals surface area contributed by atoms with E-state index >= 15 is 0 Å². The van der Waals surface area contributed by atoms with Crippen molar-refractivity contribution in [2.45, 2.75) is 0 Å². The number of hydrogen-bond acceptors (Lipinski definition) is 4. The molecular weight excluding hydrogens is 329 g/mol. The van der Waals surface area contributed by atoms with Gasteiger partial charge in [-0.05, 0) is 54.2 Å². The zero-order valence-corrected chi connectivity index (χ0v) is 12.6. The molecule has 0 radical (unpaired) electrons. The van der Waals surface area contributed by atoms with Crippen molar-refractivity contribution in [1.82, 2.24) is 5.43 Å². The van der Waals surface area contributed by atoms with Crippen molar-refractivity contribution in [2.75, 3.05) is 5.32 Å². The van der Waals surface area contributed by atoms with Crippen molar-refractivity contribution >= 4 is 40.8 Å². The third-order valence-corrected chi connectivity index (χ3v) is 3.03. The molecule has 2 rings (SSSR count). The zero-order chi connectivity index (χ0) is 16.1. The van der Waals surface area contributed by atoms with E-state index in [9.17, 15) is 14.6 Å². The van der Waals surface area contributed by atoms with Crippen LogP contribution in [0, 0.1) is 5.82 Å². The van der Waals surface area contributed by atoms with E-state index in [-0.39, 0.29) is 27.5 Å². The summed E-state index contributed by atoms with van der Waals surface area (Å²) in [5.41, 5.74) is 3.64. The lowest BCUT2D eigenvalue weighted by Gasteiger charge is -2.06. The minimum atomic E-state index is -0.389. The number of rotatable bonds is 3. The van der Waals surface area contributed by atoms with E-state index in [2.05, 4.69) is 15.8 Å². The van der Waals surface area contributed by atoms with Crippen LogP contribution in [-0.2, 0) is 0 Å². The maximum absolute atomic E-state index is 12.8. The average Bonchev–Trinajstić information content (AvgIpc) is 2.47. The molecule has 0 amide bonds. The number of hydrazone groups is 1. The zero-order valence-electron chi connectivity index (χ0n) is 11.0. The number of benzene rings is 2. The third kappa shape index (κ3) is 4.31. The molecule has 0 saturated carbocycles. The van der Waals surface area contributed by atoms with Crippen LogP contribution in [0.1, 0.15) is 5.56 Å². The SMILES string of the molecule is Oc1cc(/C=N/NC(=S)Nc2ccc(F)cc2)cc(Cl)c1O. The highest BCUT2D eigenvalue weighted by Crippen LogP contribution is 2.33. The Morgan fingerprint density at radius 3 is 2.55 bits per heavy atom. The van der Waals surface area contributed by atoms with E-state index < -0.39 is 0 Å². The number of halogens is 2. The smallest absolute Gasteiger partial charge is 0.191 e. The Balaban J connectivity index is 1.94. The molecule has 2 aromatic carbocycles. The molecule has 0 saturated heterocycles. The summed E-state index contributed by atoms with van der Waals surface area (Å²) in [6, 6.07) is 8.39. The molecule has 2 aromatic rings. The van der Waals surface area contributed by atoms with Gasteiger partial charge in [-0.3, -0.25) is 5.43 Å². The molecule has 0 atom stereocenters. The van der Waals surface area contributed by atoms with E-state index in [1.165, 1.54) is 42.6 Å². The van der Waals surface area contributed by atoms with Crippen molar-refractivity contribution in [1.29, 1.82) is 0 Å². The third-order valence-electron chi connectivity index (χ3n) is 2.55. The highest BCUT2D eigenvalue weighted by Gasteiger charge is 2.05. The Hall–Kier alpha value is -2.38. The molecule has 0 bridgehead atoms. The average molecular weight is 340 g/mol. The van der Waals surface area contributed by atoms with Crippen LogP contribution in [-0.4, -0.2) is 21.5 Å². The second kappa shape index (κ2) is 7.06. The normalized spacial score (nSPS) is 10.6. The summed E-state index contributed by atoms with van der Waals surface area (Å²) in [5, 5.41) is 25.6. The minimum Gasteiger partial charge on any atom is -0.504 e. The van der Waals surface area contributed by atoms with Gasteiger partial charge in [-0.1, -0.05) is 11.6 Å². The Labute approximate surface area is 136 Å². The maximum atomic E-state index is 12.8. The standard InChI is InChI=1S/C14H11ClFN3O2S/c15-11-5-8(6-12(20)13(11)21)7-17-19-14(22)18-10-3-1-9(16)2-4-10/h1-7,20-21H,(H2,18,19,22)/b17-7+. The first-order valence-electron chi connectivity index (χ1n) is 6.03. The number of anilines is 1. The van der Waals surface area contributed by atoms with Crippen LogP contribution in [0.25, 0.3) is 0 Å². The molecule has 0 fully saturated rings. The number of phenols is 2. The van der Waals surface area contributed by atoms with E-state index in [0.717, 1.165) is 0 Å². The van der Waals surface area contributed by atoms with Crippen LogP contribution in [0.4, 0.5) is 10.1 Å². The van der Waals surface area contributed by atoms with Crippen molar-refractivity contribution in [3.05, 3.63) is 52.8 Å². The van der Waals surface area contributed by atoms with E-state index in [4.69, 9.17) is 23.8 Å². The van der Waals surface area contributed by atoms with Gasteiger partial charge in [-0.15, -0.1) is 0 Å². The number of thiocarbonyl (C=S) groups is 1. The van der Waals surface area contributed by atoms with Crippen molar-refractivity contribution in [3.63, 3.8) is 0 Å². The molecule has 0 aliphatic heterocycles. The Morgan fingerprint density at radius 2 is 1.91 bits per heavy atom. The van der Waals surface area contributed by atoms with Gasteiger partial charge in [0, 0.05) is 5.69 Å². The van der Waals surface area contributed by atoms with Crippen LogP contribution in [0.15, 0.2) is 41.5 Å². The Kier molecular flexibility index (Phi) is 5.13. The minimum absolute atomic E-state index is 0.00784. The largest absolute Gasteiger partial charge is 0.504 e. The lowest BCUT2D eigenvalue weighted by atomic mass is 10.2. The lowest BCUT2D eigenvalue weighted by Crippen LogP contribution is -2.23. The second-order valence-corrected chi connectivity index (χ2v) is 5.02. The summed E-state index contributed by atoms with van der Waals surface area (Å²) in [5.74, 6) is -1.08. The molecule has 0 unspecified atom stereocenters. The van der Waals surface area contributed by atoms with Crippen molar-refractivity contribution in [2.24, 2.45) is 5.10 Å². The maximum Gasteiger partial charge on any atom is 0.191 e. The molecule has 5 nitrogen and oxygen atoms in total. The predicted octanol–water partition coefficient (Wildman–Crippen LogP) is 3.21. The van der Waals surface area contributed by atoms with Gasteiger partial charge in [0.05, 0.1) is 11.2 Å². The van der Waals surface area contributed by atoms with Crippen molar-refractivity contribution < 1.29 is 14.6 Å². The topological polar surface area (TPSA) is 76.9 Å². The molecule has 0 heterocycles. The summed E-state index contributed by atoms with van der Waals surface area (Å²) in [6.45, 7) is 0. The summed E-state index contributed by atoms with van der Waals surface area (Å²) in [4.78, 5) is 0. The first kappa shape index (κ1) is 16.0. The molecule has 0 aliphatic carbocycles. The van der Waals surface area contributed by atoms with Gasteiger partial charge < -0.3 is 15.5 Å². The Morgan fingerprint density at radius 1 is 1.23 bits per heavy atom. The number of aromatic hydroxyl groups is 2. The monoisotopic (exact) mass is 339 g/mol. The number of hydrogen-bond donors (Lipinski definition) is 4. The fraction of sp³-hybridized carbons (Fsp3) is 0. The van der Waals surface area contributed by atoms with Crippen LogP contribution in [0.5, 0.6) is 11.5 Å². The van der Waals surface area contributed by atoms with Crippen LogP contribution in [0.3, 0.4) is 0 Å². The summed E-state index contributed by atoms with van der Waals surface area (Å²) < 4.78 is 12.8. The number of nitrogens with zero attached hydrogens (tertiary/aromatic N) is 1. The molecular formula is C14H11ClFN3O2S. The quantitative estimate of drug-likeness (QED) is 0.299. The first-order chi connectivity index (χ1) is 10.5. The Bertz CT molecular complexity index is 700. The van der Waals surface area contributed by atoms with Gasteiger partial charge in [-0.2, -0.15) is 5.10 Å². The predicted molar refractivity (Wildman–Crippen MR) is 88.1 cm³/mol. The summed E-state index contributed by atoms with van der Waals surface area (Å²) >= 11 is 10.7. The van der Waals surface area contributed by atoms with E-state index in [1.54, 1.807) is 0 Å². The molecule has 22 heavy (non-hydrogen) atoms. The first-order valence-corrected chi connectivity index (χ1v) is 6.81. The lowest BCUT2D eigenvalue weighted by molar-refractivity contribution is 0.404. The van der Waals surface area contributed by atoms with Gasteiger partial charge in [-0.25, -0.2) is 4.39 Å². The molecule has 0 spiro atoms. The van der Waals surface area contributed by atoms with Gasteiger partial charge in [0.15, 0.2) is 16.6 Å². The van der Waals surface area contributed by atoms with E-state index in [0.29, 0.717) is 11.3 Å². The van der Waals surface area contributed by atoms with Gasteiger partial charge in [0.2, 0.25) is 0 Å². The highest BCUT2D eigenvalue weighted by molar-refractivity contribution is 7.80. The van der Waals surface area contributed by atoms with E-state index in [1.807, 2.05) is 0 Å². The molecule has 8 heteroatoms. The molecule has 114 valence electrons. The molecule has 4 N–H and O–H groups in total. The van der Waals surface area contributed by atoms with Crippen LogP contribution >= 0.6 is 23.8 Å². The van der Waals surface area contributed by atoms with Crippen LogP contribution < -0.4 is 10.7 Å². The van der Waals surface area contributed by atoms with Crippen LogP contribution in [0.2, 0.25) is 5.02 Å². The summed E-state index contributed by atoms with van der Waals surface area (Å²) in [6.07, 6.45) is 1.36. The number of nitrogens with one attached hydrogen (secondary N) is 2. The second-order valence-electron chi connectivity index (χ2n) is 4.20. The van der Waals surface area contributed by atoms with Gasteiger partial charge >= 0.3 is 0 Å². The fourth-order valence-electron chi connectivity index (χ4n) is 1.54.